The predicted octanol–water partition coefficient (Wildman–Crippen LogP) is 13.1. The van der Waals surface area contributed by atoms with Gasteiger partial charge in [-0.3, -0.25) is 0 Å². The van der Waals surface area contributed by atoms with Crippen molar-refractivity contribution >= 4 is 65.6 Å². The van der Waals surface area contributed by atoms with Crippen LogP contribution in [0.4, 0.5) is 0 Å². The lowest BCUT2D eigenvalue weighted by molar-refractivity contribution is 0.669. The third-order valence-electron chi connectivity index (χ3n) is 9.73. The van der Waals surface area contributed by atoms with Crippen LogP contribution in [0, 0.1) is 0 Å². The van der Waals surface area contributed by atoms with E-state index in [0.29, 0.717) is 11.0 Å². The van der Waals surface area contributed by atoms with E-state index >= 15 is 0 Å². The molecule has 0 aliphatic rings. The van der Waals surface area contributed by atoms with E-state index in [1.54, 1.807) is 4.57 Å². The van der Waals surface area contributed by atoms with Crippen LogP contribution in [0.5, 0.6) is 0 Å². The molecule has 0 N–H and O–H groups in total. The number of nitrogens with zero attached hydrogens (tertiary/aromatic N) is 2. The molecule has 11 rings (SSSR count). The van der Waals surface area contributed by atoms with Crippen molar-refractivity contribution in [3.8, 4) is 33.6 Å². The number of benzene rings is 8. The summed E-state index contributed by atoms with van der Waals surface area (Å²) in [4.78, 5) is 0. The van der Waals surface area contributed by atoms with Gasteiger partial charge in [0.15, 0.2) is 0 Å². The van der Waals surface area contributed by atoms with Crippen molar-refractivity contribution in [1.82, 2.24) is 9.13 Å². The predicted molar refractivity (Wildman–Crippen MR) is 213 cm³/mol. The van der Waals surface area contributed by atoms with Gasteiger partial charge in [0.1, 0.15) is 11.2 Å². The van der Waals surface area contributed by atoms with Gasteiger partial charge in [-0.2, -0.15) is 0 Å². The van der Waals surface area contributed by atoms with Crippen LogP contribution in [0.3, 0.4) is 0 Å². The first-order chi connectivity index (χ1) is 29.9. The smallest absolute Gasteiger partial charge is 0.138 e. The minimum absolute atomic E-state index is 0.0452. The Labute approximate surface area is 309 Å². The summed E-state index contributed by atoms with van der Waals surface area (Å²) in [6, 6.07) is 32.1. The highest BCUT2D eigenvalue weighted by Gasteiger charge is 2.23. The van der Waals surface area contributed by atoms with E-state index in [1.807, 2.05) is 72.8 Å². The molecule has 0 bridgehead atoms. The van der Waals surface area contributed by atoms with Crippen LogP contribution in [0.25, 0.3) is 99.2 Å². The van der Waals surface area contributed by atoms with Gasteiger partial charge < -0.3 is 13.6 Å². The summed E-state index contributed by atoms with van der Waals surface area (Å²) in [6.07, 6.45) is 0. The maximum Gasteiger partial charge on any atom is 0.138 e. The minimum atomic E-state index is -0.644. The Hall–Kier alpha value is -6.84. The van der Waals surface area contributed by atoms with Crippen LogP contribution < -0.4 is 0 Å². The lowest BCUT2D eigenvalue weighted by Gasteiger charge is -2.13. The van der Waals surface area contributed by atoms with Gasteiger partial charge in [-0.05, 0) is 76.8 Å². The third-order valence-corrected chi connectivity index (χ3v) is 9.73. The second-order valence-corrected chi connectivity index (χ2v) is 12.4. The van der Waals surface area contributed by atoms with Gasteiger partial charge >= 0.3 is 0 Å². The minimum Gasteiger partial charge on any atom is -0.456 e. The largest absolute Gasteiger partial charge is 0.456 e. The summed E-state index contributed by atoms with van der Waals surface area (Å²) in [5.74, 6) is 0. The molecule has 8 aromatic carbocycles. The lowest BCUT2D eigenvalue weighted by atomic mass is 9.95. The number of hydrogen-bond acceptors (Lipinski definition) is 1. The number of furan rings is 1. The third kappa shape index (κ3) is 4.06. The number of aromatic nitrogens is 2. The van der Waals surface area contributed by atoms with E-state index in [0.717, 1.165) is 49.4 Å². The Morgan fingerprint density at radius 1 is 0.412 bits per heavy atom. The van der Waals surface area contributed by atoms with Gasteiger partial charge in [-0.25, -0.2) is 0 Å². The van der Waals surface area contributed by atoms with E-state index in [1.165, 1.54) is 0 Å². The Kier molecular flexibility index (Phi) is 4.11. The summed E-state index contributed by atoms with van der Waals surface area (Å²) < 4.78 is 108. The second-order valence-electron chi connectivity index (χ2n) is 12.4. The van der Waals surface area contributed by atoms with Gasteiger partial charge in [-0.15, -0.1) is 0 Å². The molecule has 3 heteroatoms. The van der Waals surface area contributed by atoms with Crippen LogP contribution >= 0.6 is 0 Å². The van der Waals surface area contributed by atoms with E-state index in [9.17, 15) is 2.74 Å². The van der Waals surface area contributed by atoms with Crippen LogP contribution in [-0.2, 0) is 0 Å². The summed E-state index contributed by atoms with van der Waals surface area (Å²) in [5.41, 5.74) is 5.01. The SMILES string of the molecule is [2H]c1c([2H])c([2H])c(-c2c([2H])c(-n3c4ccccc4c4c(-c5cccc6c5c5ccccc5n6-c5ccccc5)cccc43)c3c(oc4c([2H])c([2H])c([2H])c([2H])c43)c2[2H])c([2H])c1[2H]. The lowest BCUT2D eigenvalue weighted by Crippen LogP contribution is -1.96. The van der Waals surface area contributed by atoms with Crippen molar-refractivity contribution in [1.29, 1.82) is 0 Å². The molecule has 0 aliphatic carbocycles. The van der Waals surface area contributed by atoms with Gasteiger partial charge in [0.2, 0.25) is 0 Å². The Morgan fingerprint density at radius 3 is 1.73 bits per heavy atom. The molecule has 0 saturated carbocycles. The summed E-state index contributed by atoms with van der Waals surface area (Å²) in [6.45, 7) is 0. The van der Waals surface area contributed by atoms with E-state index in [-0.39, 0.29) is 38.8 Å². The number of rotatable bonds is 4. The van der Waals surface area contributed by atoms with Crippen molar-refractivity contribution in [2.75, 3.05) is 0 Å². The number of hydrogen-bond donors (Lipinski definition) is 0. The molecule has 238 valence electrons. The maximum atomic E-state index is 10.0. The molecule has 51 heavy (non-hydrogen) atoms. The average molecular weight is 662 g/mol. The first kappa shape index (κ1) is 19.4. The standard InChI is InChI=1S/C48H30N2O/c1-3-15-31(16-4-1)32-29-43(48-38-21-9-12-28-44(38)51-45(48)30-32)50-40-25-11-8-20-37(40)47-35(23-14-27-42(47)50)34-22-13-26-41-46(34)36-19-7-10-24-39(36)49(41)33-17-5-2-6-18-33/h1-30H/i1D,3D,4D,9D,12D,15D,16D,21D,28D,29D,30D. The van der Waals surface area contributed by atoms with Crippen molar-refractivity contribution in [3.05, 3.63) is 182 Å². The fourth-order valence-corrected chi connectivity index (χ4v) is 7.71. The quantitative estimate of drug-likeness (QED) is 0.184. The first-order valence-electron chi connectivity index (χ1n) is 22.1. The molecular formula is C48H30N2O. The molecule has 0 atom stereocenters. The van der Waals surface area contributed by atoms with Gasteiger partial charge in [0.25, 0.3) is 0 Å². The monoisotopic (exact) mass is 661 g/mol. The molecule has 0 aliphatic heterocycles. The van der Waals surface area contributed by atoms with Crippen molar-refractivity contribution < 1.29 is 19.5 Å². The zero-order valence-corrected chi connectivity index (χ0v) is 26.8. The van der Waals surface area contributed by atoms with Crippen molar-refractivity contribution in [2.24, 2.45) is 0 Å². The van der Waals surface area contributed by atoms with E-state index < -0.39 is 66.5 Å². The maximum absolute atomic E-state index is 10.0. The van der Waals surface area contributed by atoms with Crippen LogP contribution in [0.1, 0.15) is 15.1 Å². The van der Waals surface area contributed by atoms with Gasteiger partial charge in [0, 0.05) is 32.6 Å². The summed E-state index contributed by atoms with van der Waals surface area (Å²) in [7, 11) is 0. The fourth-order valence-electron chi connectivity index (χ4n) is 7.71. The Balaban J connectivity index is 1.33. The molecule has 0 fully saturated rings. The highest BCUT2D eigenvalue weighted by molar-refractivity contribution is 6.23. The summed E-state index contributed by atoms with van der Waals surface area (Å²) >= 11 is 0. The molecule has 0 amide bonds. The zero-order valence-electron chi connectivity index (χ0n) is 37.8. The van der Waals surface area contributed by atoms with E-state index in [2.05, 4.69) is 47.0 Å². The molecule has 3 nitrogen and oxygen atoms in total. The average Bonchev–Trinajstić information content (AvgIpc) is 3.97. The van der Waals surface area contributed by atoms with Crippen molar-refractivity contribution in [2.45, 2.75) is 0 Å². The fraction of sp³-hybridized carbons (Fsp3) is 0. The Bertz CT molecular complexity index is 3750. The molecule has 3 aromatic heterocycles. The molecule has 0 unspecified atom stereocenters. The van der Waals surface area contributed by atoms with Crippen molar-refractivity contribution in [3.63, 3.8) is 0 Å². The molecule has 3 heterocycles. The number of para-hydroxylation sites is 4. The van der Waals surface area contributed by atoms with E-state index in [4.69, 9.17) is 16.8 Å². The van der Waals surface area contributed by atoms with Crippen LogP contribution in [-0.4, -0.2) is 9.13 Å². The number of fused-ring (bicyclic) bond motifs is 9. The van der Waals surface area contributed by atoms with Crippen LogP contribution in [0.15, 0.2) is 186 Å². The van der Waals surface area contributed by atoms with Gasteiger partial charge in [0.05, 0.1) is 48.2 Å². The highest BCUT2D eigenvalue weighted by Crippen LogP contribution is 2.46. The summed E-state index contributed by atoms with van der Waals surface area (Å²) in [5, 5.41) is 3.69. The first-order valence-corrected chi connectivity index (χ1v) is 16.6. The van der Waals surface area contributed by atoms with Crippen LogP contribution in [0.2, 0.25) is 0 Å². The van der Waals surface area contributed by atoms with Gasteiger partial charge in [-0.1, -0.05) is 127 Å². The molecule has 0 radical (unpaired) electrons. The molecule has 11 aromatic rings. The normalized spacial score (nSPS) is 14.9. The molecule has 0 spiro atoms. The molecular weight excluding hydrogens is 621 g/mol. The second kappa shape index (κ2) is 10.8. The molecule has 0 saturated heterocycles. The zero-order chi connectivity index (χ0) is 43.0. The highest BCUT2D eigenvalue weighted by atomic mass is 16.3. The topological polar surface area (TPSA) is 23.0 Å². The Morgan fingerprint density at radius 2 is 1.00 bits per heavy atom.